The Labute approximate surface area is 163 Å². The predicted octanol–water partition coefficient (Wildman–Crippen LogP) is 4.39. The summed E-state index contributed by atoms with van der Waals surface area (Å²) in [5.41, 5.74) is 3.40. The minimum atomic E-state index is -0.672. The van der Waals surface area contributed by atoms with E-state index in [1.54, 1.807) is 0 Å². The molecule has 1 aliphatic heterocycles. The van der Waals surface area contributed by atoms with Crippen LogP contribution in [0.1, 0.15) is 40.8 Å². The molecule has 1 N–H and O–H groups in total. The van der Waals surface area contributed by atoms with Crippen LogP contribution in [-0.2, 0) is 22.5 Å². The van der Waals surface area contributed by atoms with E-state index in [4.69, 9.17) is 4.84 Å². The molecule has 0 spiro atoms. The van der Waals surface area contributed by atoms with E-state index in [9.17, 15) is 10.1 Å². The van der Waals surface area contributed by atoms with Gasteiger partial charge in [0.05, 0.1) is 11.3 Å². The summed E-state index contributed by atoms with van der Waals surface area (Å²) in [6.45, 7) is 0. The Balaban J connectivity index is 1.47. The molecule has 1 aromatic carbocycles. The van der Waals surface area contributed by atoms with Gasteiger partial charge >= 0.3 is 0 Å². The van der Waals surface area contributed by atoms with Crippen molar-refractivity contribution in [1.29, 1.82) is 5.26 Å². The number of carbonyl (C=O) groups is 1. The van der Waals surface area contributed by atoms with Crippen LogP contribution in [0.4, 0.5) is 5.00 Å². The average molecular weight is 430 g/mol. The second kappa shape index (κ2) is 7.22. The largest absolute Gasteiger partial charge is 0.382 e. The molecule has 5 nitrogen and oxygen atoms in total. The second-order valence-electron chi connectivity index (χ2n) is 6.36. The molecule has 1 atom stereocenters. The lowest BCUT2D eigenvalue weighted by molar-refractivity contribution is -0.125. The highest BCUT2D eigenvalue weighted by molar-refractivity contribution is 9.10. The number of aryl methyl sites for hydroxylation is 1. The molecular formula is C19H16BrN3O2S. The summed E-state index contributed by atoms with van der Waals surface area (Å²) in [7, 11) is 0. The zero-order valence-corrected chi connectivity index (χ0v) is 16.3. The van der Waals surface area contributed by atoms with Crippen molar-refractivity contribution < 1.29 is 9.63 Å². The summed E-state index contributed by atoms with van der Waals surface area (Å²) in [5.74, 6) is -0.256. The molecule has 4 rings (SSSR count). The number of nitriles is 1. The summed E-state index contributed by atoms with van der Waals surface area (Å²) in [5, 5.41) is 17.1. The second-order valence-corrected chi connectivity index (χ2v) is 8.38. The van der Waals surface area contributed by atoms with Crippen LogP contribution in [0.2, 0.25) is 0 Å². The van der Waals surface area contributed by atoms with Gasteiger partial charge in [0.25, 0.3) is 5.91 Å². The van der Waals surface area contributed by atoms with Crippen LogP contribution in [0.15, 0.2) is 33.9 Å². The highest BCUT2D eigenvalue weighted by atomic mass is 79.9. The molecule has 2 aromatic rings. The molecule has 0 fully saturated rings. The smallest absolute Gasteiger partial charge is 0.269 e. The van der Waals surface area contributed by atoms with Crippen molar-refractivity contribution in [3.8, 4) is 6.07 Å². The molecule has 1 amide bonds. The molecule has 0 radical (unpaired) electrons. The molecule has 7 heteroatoms. The van der Waals surface area contributed by atoms with Crippen LogP contribution in [0.5, 0.6) is 0 Å². The van der Waals surface area contributed by atoms with Crippen LogP contribution in [-0.4, -0.2) is 17.7 Å². The Bertz CT molecular complexity index is 945. The molecule has 26 heavy (non-hydrogen) atoms. The summed E-state index contributed by atoms with van der Waals surface area (Å²) in [6.07, 6.45) is 3.88. The monoisotopic (exact) mass is 429 g/mol. The zero-order valence-electron chi connectivity index (χ0n) is 13.9. The Kier molecular flexibility index (Phi) is 4.79. The lowest BCUT2D eigenvalue weighted by Gasteiger charge is -2.10. The number of fused-ring (bicyclic) bond motifs is 1. The van der Waals surface area contributed by atoms with Gasteiger partial charge in [0.15, 0.2) is 0 Å². The molecule has 132 valence electrons. The van der Waals surface area contributed by atoms with Gasteiger partial charge < -0.3 is 10.2 Å². The van der Waals surface area contributed by atoms with E-state index in [2.05, 4.69) is 32.5 Å². The Morgan fingerprint density at radius 2 is 2.23 bits per heavy atom. The Morgan fingerprint density at radius 1 is 1.38 bits per heavy atom. The number of benzene rings is 1. The van der Waals surface area contributed by atoms with Gasteiger partial charge in [-0.3, -0.25) is 4.79 Å². The first-order chi connectivity index (χ1) is 12.7. The number of nitrogens with zero attached hydrogens (tertiary/aromatic N) is 2. The fourth-order valence-corrected chi connectivity index (χ4v) is 4.96. The van der Waals surface area contributed by atoms with Gasteiger partial charge in [-0.05, 0) is 43.4 Å². The minimum absolute atomic E-state index is 0.256. The Morgan fingerprint density at radius 3 is 3.04 bits per heavy atom. The standard InChI is InChI=1S/C19H16BrN3O2S/c20-12-5-3-4-11(8-12)15-9-16(25-23-15)18(24)22-19-14(10-21)13-6-1-2-7-17(13)26-19/h3-5,8,16H,1-2,6-7,9H2,(H,22,24)/t16-/m0/s1. The van der Waals surface area contributed by atoms with Gasteiger partial charge in [0.2, 0.25) is 6.10 Å². The van der Waals surface area contributed by atoms with Crippen LogP contribution in [0.3, 0.4) is 0 Å². The van der Waals surface area contributed by atoms with E-state index in [0.29, 0.717) is 17.0 Å². The van der Waals surface area contributed by atoms with E-state index in [0.717, 1.165) is 47.0 Å². The number of anilines is 1. The van der Waals surface area contributed by atoms with Crippen LogP contribution < -0.4 is 5.32 Å². The average Bonchev–Trinajstić information content (AvgIpc) is 3.26. The van der Waals surface area contributed by atoms with Crippen LogP contribution >= 0.6 is 27.3 Å². The third-order valence-electron chi connectivity index (χ3n) is 4.64. The number of carbonyl (C=O) groups excluding carboxylic acids is 1. The number of amides is 1. The highest BCUT2D eigenvalue weighted by Gasteiger charge is 2.31. The quantitative estimate of drug-likeness (QED) is 0.785. The molecule has 0 saturated carbocycles. The van der Waals surface area contributed by atoms with Gasteiger partial charge in [-0.1, -0.05) is 33.2 Å². The molecular weight excluding hydrogens is 414 g/mol. The first kappa shape index (κ1) is 17.3. The molecule has 0 unspecified atom stereocenters. The van der Waals surface area contributed by atoms with Gasteiger partial charge in [-0.25, -0.2) is 0 Å². The van der Waals surface area contributed by atoms with Crippen molar-refractivity contribution in [3.63, 3.8) is 0 Å². The first-order valence-corrected chi connectivity index (χ1v) is 10.1. The van der Waals surface area contributed by atoms with Gasteiger partial charge in [-0.2, -0.15) is 5.26 Å². The minimum Gasteiger partial charge on any atom is -0.382 e. The van der Waals surface area contributed by atoms with Gasteiger partial charge in [0, 0.05) is 21.3 Å². The summed E-state index contributed by atoms with van der Waals surface area (Å²) >= 11 is 4.96. The van der Waals surface area contributed by atoms with Crippen molar-refractivity contribution in [2.24, 2.45) is 5.16 Å². The van der Waals surface area contributed by atoms with Crippen molar-refractivity contribution in [2.75, 3.05) is 5.32 Å². The number of nitrogens with one attached hydrogen (secondary N) is 1. The number of hydrogen-bond acceptors (Lipinski definition) is 5. The number of halogens is 1. The fourth-order valence-electron chi connectivity index (χ4n) is 3.32. The topological polar surface area (TPSA) is 74.5 Å². The molecule has 0 bridgehead atoms. The first-order valence-electron chi connectivity index (χ1n) is 8.50. The molecule has 1 aromatic heterocycles. The lowest BCUT2D eigenvalue weighted by atomic mass is 9.96. The van der Waals surface area contributed by atoms with E-state index >= 15 is 0 Å². The number of hydrogen-bond donors (Lipinski definition) is 1. The highest BCUT2D eigenvalue weighted by Crippen LogP contribution is 2.37. The third-order valence-corrected chi connectivity index (χ3v) is 6.34. The van der Waals surface area contributed by atoms with Crippen molar-refractivity contribution in [3.05, 3.63) is 50.3 Å². The van der Waals surface area contributed by atoms with E-state index in [-0.39, 0.29) is 5.91 Å². The van der Waals surface area contributed by atoms with Gasteiger partial charge in [-0.15, -0.1) is 11.3 Å². The maximum atomic E-state index is 12.6. The third kappa shape index (κ3) is 3.27. The van der Waals surface area contributed by atoms with Crippen LogP contribution in [0, 0.1) is 11.3 Å². The predicted molar refractivity (Wildman–Crippen MR) is 104 cm³/mol. The fraction of sp³-hybridized carbons (Fsp3) is 0.316. The normalized spacial score (nSPS) is 18.5. The van der Waals surface area contributed by atoms with Crippen molar-refractivity contribution in [1.82, 2.24) is 0 Å². The van der Waals surface area contributed by atoms with Gasteiger partial charge in [0.1, 0.15) is 11.1 Å². The van der Waals surface area contributed by atoms with E-state index in [1.807, 2.05) is 24.3 Å². The maximum Gasteiger partial charge on any atom is 0.269 e. The number of thiophene rings is 1. The molecule has 0 saturated heterocycles. The van der Waals surface area contributed by atoms with E-state index in [1.165, 1.54) is 16.2 Å². The maximum absolute atomic E-state index is 12.6. The molecule has 1 aliphatic carbocycles. The van der Waals surface area contributed by atoms with E-state index < -0.39 is 6.10 Å². The summed E-state index contributed by atoms with van der Waals surface area (Å²) < 4.78 is 0.952. The number of rotatable bonds is 3. The zero-order chi connectivity index (χ0) is 18.1. The summed E-state index contributed by atoms with van der Waals surface area (Å²) in [4.78, 5) is 19.2. The number of oxime groups is 1. The van der Waals surface area contributed by atoms with Crippen molar-refractivity contribution >= 4 is 43.9 Å². The lowest BCUT2D eigenvalue weighted by Crippen LogP contribution is -2.28. The Hall–Kier alpha value is -2.17. The SMILES string of the molecule is N#Cc1c(NC(=O)[C@@H]2CC(c3cccc(Br)c3)=NO2)sc2c1CCCC2. The molecule has 2 heterocycles. The summed E-state index contributed by atoms with van der Waals surface area (Å²) in [6, 6.07) is 10.0. The van der Waals surface area contributed by atoms with Crippen molar-refractivity contribution in [2.45, 2.75) is 38.2 Å². The van der Waals surface area contributed by atoms with Crippen LogP contribution in [0.25, 0.3) is 0 Å². The molecule has 2 aliphatic rings.